The van der Waals surface area contributed by atoms with Crippen molar-refractivity contribution in [3.63, 3.8) is 0 Å². The third kappa shape index (κ3) is 3.95. The van der Waals surface area contributed by atoms with Crippen LogP contribution in [-0.2, 0) is 9.84 Å². The predicted molar refractivity (Wildman–Crippen MR) is 83.7 cm³/mol. The Kier molecular flexibility index (Phi) is 4.53. The molecule has 4 nitrogen and oxygen atoms in total. The van der Waals surface area contributed by atoms with Crippen molar-refractivity contribution in [2.24, 2.45) is 5.41 Å². The summed E-state index contributed by atoms with van der Waals surface area (Å²) in [6, 6.07) is 0.412. The number of hydrogen-bond acceptors (Lipinski definition) is 4. The maximum absolute atomic E-state index is 11.5. The number of rotatable bonds is 3. The number of sulfone groups is 1. The van der Waals surface area contributed by atoms with E-state index in [1.54, 1.807) is 0 Å². The van der Waals surface area contributed by atoms with Gasteiger partial charge in [0.05, 0.1) is 5.75 Å². The second-order valence-electron chi connectivity index (χ2n) is 7.85. The number of nitrogens with one attached hydrogen (secondary N) is 1. The fourth-order valence-corrected chi connectivity index (χ4v) is 4.32. The van der Waals surface area contributed by atoms with Gasteiger partial charge in [-0.25, -0.2) is 8.42 Å². The molecule has 0 aromatic carbocycles. The second kappa shape index (κ2) is 5.58. The highest BCUT2D eigenvalue weighted by molar-refractivity contribution is 7.90. The van der Waals surface area contributed by atoms with Gasteiger partial charge in [0.2, 0.25) is 0 Å². The van der Waals surface area contributed by atoms with E-state index in [1.807, 2.05) is 0 Å². The third-order valence-electron chi connectivity index (χ3n) is 4.93. The molecule has 0 amide bonds. The minimum Gasteiger partial charge on any atom is -0.308 e. The van der Waals surface area contributed by atoms with Gasteiger partial charge in [-0.1, -0.05) is 33.6 Å². The van der Waals surface area contributed by atoms with Gasteiger partial charge < -0.3 is 5.32 Å². The Bertz CT molecular complexity index is 433. The van der Waals surface area contributed by atoms with Crippen molar-refractivity contribution in [2.75, 3.05) is 31.6 Å². The van der Waals surface area contributed by atoms with E-state index in [4.69, 9.17) is 0 Å². The molecule has 2 fully saturated rings. The molecule has 20 heavy (non-hydrogen) atoms. The molecule has 2 rings (SSSR count). The van der Waals surface area contributed by atoms with Gasteiger partial charge in [-0.2, -0.15) is 0 Å². The Balaban J connectivity index is 2.10. The van der Waals surface area contributed by atoms with Gasteiger partial charge in [-0.05, 0) is 18.3 Å². The van der Waals surface area contributed by atoms with E-state index in [2.05, 4.69) is 31.0 Å². The lowest BCUT2D eigenvalue weighted by molar-refractivity contribution is 0.0284. The van der Waals surface area contributed by atoms with Crippen LogP contribution < -0.4 is 5.32 Å². The summed E-state index contributed by atoms with van der Waals surface area (Å²) in [7, 11) is -2.89. The number of piperazine rings is 1. The molecule has 1 aliphatic carbocycles. The lowest BCUT2D eigenvalue weighted by Crippen LogP contribution is -2.66. The summed E-state index contributed by atoms with van der Waals surface area (Å²) in [5.74, 6) is 0.273. The van der Waals surface area contributed by atoms with E-state index in [1.165, 1.54) is 31.9 Å². The summed E-state index contributed by atoms with van der Waals surface area (Å²) >= 11 is 0. The first-order valence-electron chi connectivity index (χ1n) is 7.78. The topological polar surface area (TPSA) is 49.4 Å². The molecule has 0 radical (unpaired) electrons. The highest BCUT2D eigenvalue weighted by Crippen LogP contribution is 2.36. The van der Waals surface area contributed by atoms with Crippen LogP contribution in [0.25, 0.3) is 0 Å². The largest absolute Gasteiger partial charge is 0.308 e. The van der Waals surface area contributed by atoms with Crippen molar-refractivity contribution in [2.45, 2.75) is 58.0 Å². The van der Waals surface area contributed by atoms with Gasteiger partial charge in [-0.3, -0.25) is 4.90 Å². The molecule has 0 aromatic heterocycles. The quantitative estimate of drug-likeness (QED) is 0.861. The SMILES string of the molecule is CC(C)(C)C1CNC2(CCCC2)CN1CCS(C)(=O)=O. The molecular formula is C15H30N2O2S. The monoisotopic (exact) mass is 302 g/mol. The fraction of sp³-hybridized carbons (Fsp3) is 1.00. The molecule has 118 valence electrons. The molecule has 1 aliphatic heterocycles. The average Bonchev–Trinajstić information content (AvgIpc) is 2.72. The van der Waals surface area contributed by atoms with E-state index in [0.29, 0.717) is 12.6 Å². The van der Waals surface area contributed by atoms with Gasteiger partial charge in [0.1, 0.15) is 9.84 Å². The zero-order chi connectivity index (χ0) is 15.0. The molecular weight excluding hydrogens is 272 g/mol. The lowest BCUT2D eigenvalue weighted by atomic mass is 9.81. The first-order valence-corrected chi connectivity index (χ1v) is 9.84. The van der Waals surface area contributed by atoms with Gasteiger partial charge in [0.15, 0.2) is 0 Å². The predicted octanol–water partition coefficient (Wildman–Crippen LogP) is 1.66. The van der Waals surface area contributed by atoms with Crippen molar-refractivity contribution in [1.29, 1.82) is 0 Å². The van der Waals surface area contributed by atoms with Crippen molar-refractivity contribution < 1.29 is 8.42 Å². The smallest absolute Gasteiger partial charge is 0.148 e. The van der Waals surface area contributed by atoms with E-state index in [0.717, 1.165) is 13.1 Å². The molecule has 2 aliphatic rings. The van der Waals surface area contributed by atoms with Crippen molar-refractivity contribution >= 4 is 9.84 Å². The van der Waals surface area contributed by atoms with Crippen molar-refractivity contribution in [3.05, 3.63) is 0 Å². The van der Waals surface area contributed by atoms with E-state index in [9.17, 15) is 8.42 Å². The van der Waals surface area contributed by atoms with Crippen LogP contribution in [0.5, 0.6) is 0 Å². The summed E-state index contributed by atoms with van der Waals surface area (Å²) in [6.07, 6.45) is 6.41. The molecule has 1 saturated carbocycles. The summed E-state index contributed by atoms with van der Waals surface area (Å²) in [4.78, 5) is 2.43. The van der Waals surface area contributed by atoms with Crippen molar-refractivity contribution in [3.8, 4) is 0 Å². The maximum atomic E-state index is 11.5. The minimum absolute atomic E-state index is 0.171. The van der Waals surface area contributed by atoms with Gasteiger partial charge in [0, 0.05) is 37.5 Å². The van der Waals surface area contributed by atoms with Crippen LogP contribution in [0.15, 0.2) is 0 Å². The Morgan fingerprint density at radius 3 is 2.35 bits per heavy atom. The van der Waals surface area contributed by atoms with E-state index in [-0.39, 0.29) is 16.7 Å². The zero-order valence-corrected chi connectivity index (χ0v) is 14.2. The van der Waals surface area contributed by atoms with E-state index < -0.39 is 9.84 Å². The Morgan fingerprint density at radius 1 is 1.25 bits per heavy atom. The summed E-state index contributed by atoms with van der Waals surface area (Å²) < 4.78 is 23.0. The summed E-state index contributed by atoms with van der Waals surface area (Å²) in [6.45, 7) is 9.40. The Morgan fingerprint density at radius 2 is 1.85 bits per heavy atom. The summed E-state index contributed by atoms with van der Waals surface area (Å²) in [5.41, 5.74) is 0.421. The first kappa shape index (κ1) is 16.2. The highest BCUT2D eigenvalue weighted by Gasteiger charge is 2.44. The lowest BCUT2D eigenvalue weighted by Gasteiger charge is -2.50. The Labute approximate surface area is 124 Å². The molecule has 1 saturated heterocycles. The fourth-order valence-electron chi connectivity index (χ4n) is 3.76. The maximum Gasteiger partial charge on any atom is 0.148 e. The molecule has 1 heterocycles. The van der Waals surface area contributed by atoms with Crippen molar-refractivity contribution in [1.82, 2.24) is 10.2 Å². The van der Waals surface area contributed by atoms with E-state index >= 15 is 0 Å². The molecule has 0 aromatic rings. The standard InChI is InChI=1S/C15H30N2O2S/c1-14(2,3)13-11-16-15(7-5-6-8-15)12-17(13)9-10-20(4,18)19/h13,16H,5-12H2,1-4H3. The molecule has 1 atom stereocenters. The Hall–Kier alpha value is -0.130. The second-order valence-corrected chi connectivity index (χ2v) is 10.1. The van der Waals surface area contributed by atoms with Crippen LogP contribution in [0.1, 0.15) is 46.5 Å². The van der Waals surface area contributed by atoms with Crippen LogP contribution in [0.2, 0.25) is 0 Å². The summed E-state index contributed by atoms with van der Waals surface area (Å²) in [5, 5.41) is 3.79. The molecule has 1 spiro atoms. The van der Waals surface area contributed by atoms with Gasteiger partial charge in [-0.15, -0.1) is 0 Å². The van der Waals surface area contributed by atoms with Gasteiger partial charge in [0.25, 0.3) is 0 Å². The molecule has 1 N–H and O–H groups in total. The highest BCUT2D eigenvalue weighted by atomic mass is 32.2. The van der Waals surface area contributed by atoms with Crippen LogP contribution in [0, 0.1) is 5.41 Å². The molecule has 0 bridgehead atoms. The normalized spacial score (nSPS) is 28.1. The zero-order valence-electron chi connectivity index (χ0n) is 13.4. The van der Waals surface area contributed by atoms with Crippen LogP contribution in [0.3, 0.4) is 0 Å². The number of nitrogens with zero attached hydrogens (tertiary/aromatic N) is 1. The van der Waals surface area contributed by atoms with Gasteiger partial charge >= 0.3 is 0 Å². The number of hydrogen-bond donors (Lipinski definition) is 1. The molecule has 1 unspecified atom stereocenters. The molecule has 5 heteroatoms. The average molecular weight is 302 g/mol. The minimum atomic E-state index is -2.89. The first-order chi connectivity index (χ1) is 9.11. The van der Waals surface area contributed by atoms with Crippen LogP contribution in [0.4, 0.5) is 0 Å². The van der Waals surface area contributed by atoms with Crippen LogP contribution in [-0.4, -0.2) is 56.5 Å². The van der Waals surface area contributed by atoms with Crippen LogP contribution >= 0.6 is 0 Å². The third-order valence-corrected chi connectivity index (χ3v) is 5.85.